The standard InChI is InChI=1S/C6H11N3O/c1-5(2)9-7-3-6(4-10)8-9/h3,5,10H,4H2,1-2H3. The van der Waals surface area contributed by atoms with Crippen molar-refractivity contribution in [3.63, 3.8) is 0 Å². The van der Waals surface area contributed by atoms with E-state index in [1.807, 2.05) is 13.8 Å². The van der Waals surface area contributed by atoms with Crippen LogP contribution in [-0.4, -0.2) is 20.1 Å². The van der Waals surface area contributed by atoms with Gasteiger partial charge in [-0.1, -0.05) is 0 Å². The second-order valence-corrected chi connectivity index (χ2v) is 2.41. The van der Waals surface area contributed by atoms with Crippen LogP contribution in [0.15, 0.2) is 6.20 Å². The Kier molecular flexibility index (Phi) is 2.01. The summed E-state index contributed by atoms with van der Waals surface area (Å²) < 4.78 is 0. The molecule has 1 aromatic heterocycles. The minimum absolute atomic E-state index is 0.0350. The zero-order chi connectivity index (χ0) is 7.56. The maximum absolute atomic E-state index is 8.62. The lowest BCUT2D eigenvalue weighted by molar-refractivity contribution is 0.274. The maximum Gasteiger partial charge on any atom is 0.108 e. The fourth-order valence-corrected chi connectivity index (χ4v) is 0.630. The summed E-state index contributed by atoms with van der Waals surface area (Å²) in [7, 11) is 0. The Balaban J connectivity index is 2.78. The first-order chi connectivity index (χ1) is 4.74. The fourth-order valence-electron chi connectivity index (χ4n) is 0.630. The summed E-state index contributed by atoms with van der Waals surface area (Å²) in [5.41, 5.74) is 0.619. The molecule has 1 heterocycles. The Morgan fingerprint density at radius 1 is 1.70 bits per heavy atom. The van der Waals surface area contributed by atoms with Crippen molar-refractivity contribution < 1.29 is 5.11 Å². The van der Waals surface area contributed by atoms with Gasteiger partial charge in [-0.25, -0.2) is 0 Å². The molecule has 4 heteroatoms. The highest BCUT2D eigenvalue weighted by Crippen LogP contribution is 1.99. The molecule has 0 aromatic carbocycles. The van der Waals surface area contributed by atoms with Crippen LogP contribution in [-0.2, 0) is 6.61 Å². The average molecular weight is 141 g/mol. The number of aromatic nitrogens is 3. The molecule has 56 valence electrons. The summed E-state index contributed by atoms with van der Waals surface area (Å²) in [6.45, 7) is 3.94. The SMILES string of the molecule is CC(C)n1ncc(CO)n1. The van der Waals surface area contributed by atoms with Gasteiger partial charge in [0.25, 0.3) is 0 Å². The Hall–Kier alpha value is -0.900. The predicted octanol–water partition coefficient (Wildman–Crippen LogP) is 0.351. The molecule has 0 bridgehead atoms. The van der Waals surface area contributed by atoms with Crippen molar-refractivity contribution in [2.75, 3.05) is 0 Å². The van der Waals surface area contributed by atoms with Gasteiger partial charge < -0.3 is 5.11 Å². The van der Waals surface area contributed by atoms with Gasteiger partial charge in [-0.2, -0.15) is 15.0 Å². The van der Waals surface area contributed by atoms with Gasteiger partial charge in [0, 0.05) is 0 Å². The van der Waals surface area contributed by atoms with Gasteiger partial charge in [0.05, 0.1) is 18.8 Å². The van der Waals surface area contributed by atoms with E-state index in [1.54, 1.807) is 11.0 Å². The van der Waals surface area contributed by atoms with Crippen LogP contribution in [0.2, 0.25) is 0 Å². The maximum atomic E-state index is 8.62. The summed E-state index contributed by atoms with van der Waals surface area (Å²) in [6.07, 6.45) is 1.57. The number of rotatable bonds is 2. The van der Waals surface area contributed by atoms with Gasteiger partial charge in [-0.05, 0) is 13.8 Å². The smallest absolute Gasteiger partial charge is 0.108 e. The van der Waals surface area contributed by atoms with Crippen LogP contribution < -0.4 is 0 Å². The van der Waals surface area contributed by atoms with E-state index in [0.29, 0.717) is 5.69 Å². The van der Waals surface area contributed by atoms with Crippen molar-refractivity contribution in [1.82, 2.24) is 15.0 Å². The number of aliphatic hydroxyl groups is 1. The average Bonchev–Trinajstić information content (AvgIpc) is 2.34. The minimum Gasteiger partial charge on any atom is -0.390 e. The topological polar surface area (TPSA) is 50.9 Å². The third kappa shape index (κ3) is 1.33. The molecule has 1 N–H and O–H groups in total. The van der Waals surface area contributed by atoms with Crippen LogP contribution in [0, 0.1) is 0 Å². The Morgan fingerprint density at radius 3 is 2.70 bits per heavy atom. The summed E-state index contributed by atoms with van der Waals surface area (Å²) in [4.78, 5) is 1.57. The summed E-state index contributed by atoms with van der Waals surface area (Å²) in [6, 6.07) is 0.264. The van der Waals surface area contributed by atoms with Crippen molar-refractivity contribution in [2.24, 2.45) is 0 Å². The van der Waals surface area contributed by atoms with E-state index in [1.165, 1.54) is 0 Å². The number of hydrogen-bond acceptors (Lipinski definition) is 3. The lowest BCUT2D eigenvalue weighted by Gasteiger charge is -2.00. The van der Waals surface area contributed by atoms with Crippen LogP contribution >= 0.6 is 0 Å². The summed E-state index contributed by atoms with van der Waals surface area (Å²) in [5.74, 6) is 0. The molecular weight excluding hydrogens is 130 g/mol. The molecule has 10 heavy (non-hydrogen) atoms. The number of nitrogens with zero attached hydrogens (tertiary/aromatic N) is 3. The van der Waals surface area contributed by atoms with E-state index < -0.39 is 0 Å². The van der Waals surface area contributed by atoms with Crippen LogP contribution in [0.3, 0.4) is 0 Å². The first kappa shape index (κ1) is 7.21. The molecule has 0 spiro atoms. The van der Waals surface area contributed by atoms with Crippen LogP contribution in [0.25, 0.3) is 0 Å². The first-order valence-electron chi connectivity index (χ1n) is 3.25. The normalized spacial score (nSPS) is 10.8. The Labute approximate surface area is 59.5 Å². The first-order valence-corrected chi connectivity index (χ1v) is 3.25. The lowest BCUT2D eigenvalue weighted by Crippen LogP contribution is -2.04. The van der Waals surface area contributed by atoms with Crippen molar-refractivity contribution in [2.45, 2.75) is 26.5 Å². The van der Waals surface area contributed by atoms with Gasteiger partial charge in [0.15, 0.2) is 0 Å². The third-order valence-electron chi connectivity index (χ3n) is 1.18. The lowest BCUT2D eigenvalue weighted by atomic mass is 10.4. The highest BCUT2D eigenvalue weighted by Gasteiger charge is 2.00. The highest BCUT2D eigenvalue weighted by atomic mass is 16.3. The second-order valence-electron chi connectivity index (χ2n) is 2.41. The van der Waals surface area contributed by atoms with Gasteiger partial charge in [-0.3, -0.25) is 0 Å². The van der Waals surface area contributed by atoms with E-state index >= 15 is 0 Å². The second kappa shape index (κ2) is 2.79. The molecule has 0 unspecified atom stereocenters. The Bertz CT molecular complexity index is 207. The van der Waals surface area contributed by atoms with E-state index in [0.717, 1.165) is 0 Å². The molecule has 1 rings (SSSR count). The summed E-state index contributed by atoms with van der Waals surface area (Å²) >= 11 is 0. The molecule has 0 saturated heterocycles. The predicted molar refractivity (Wildman–Crippen MR) is 36.3 cm³/mol. The molecule has 0 saturated carbocycles. The van der Waals surface area contributed by atoms with E-state index in [9.17, 15) is 0 Å². The van der Waals surface area contributed by atoms with Crippen molar-refractivity contribution in [1.29, 1.82) is 0 Å². The molecule has 4 nitrogen and oxygen atoms in total. The zero-order valence-corrected chi connectivity index (χ0v) is 6.15. The largest absolute Gasteiger partial charge is 0.390 e. The Morgan fingerprint density at radius 2 is 2.40 bits per heavy atom. The molecule has 1 aromatic rings. The van der Waals surface area contributed by atoms with Crippen molar-refractivity contribution in [3.8, 4) is 0 Å². The monoisotopic (exact) mass is 141 g/mol. The van der Waals surface area contributed by atoms with E-state index in [-0.39, 0.29) is 12.6 Å². The molecule has 0 atom stereocenters. The van der Waals surface area contributed by atoms with Gasteiger partial charge in [-0.15, -0.1) is 0 Å². The quantitative estimate of drug-likeness (QED) is 0.646. The number of aliphatic hydroxyl groups excluding tert-OH is 1. The fraction of sp³-hybridized carbons (Fsp3) is 0.667. The molecule has 0 aliphatic carbocycles. The molecule has 0 fully saturated rings. The van der Waals surface area contributed by atoms with Crippen LogP contribution in [0.5, 0.6) is 0 Å². The minimum atomic E-state index is -0.0350. The molecule has 0 radical (unpaired) electrons. The van der Waals surface area contributed by atoms with Gasteiger partial charge in [0.2, 0.25) is 0 Å². The third-order valence-corrected chi connectivity index (χ3v) is 1.18. The zero-order valence-electron chi connectivity index (χ0n) is 6.15. The van der Waals surface area contributed by atoms with Gasteiger partial charge in [0.1, 0.15) is 5.69 Å². The van der Waals surface area contributed by atoms with Crippen LogP contribution in [0.1, 0.15) is 25.6 Å². The molecule has 0 aliphatic rings. The molecule has 0 amide bonds. The molecule has 0 aliphatic heterocycles. The van der Waals surface area contributed by atoms with Gasteiger partial charge >= 0.3 is 0 Å². The summed E-state index contributed by atoms with van der Waals surface area (Å²) in [5, 5.41) is 16.5. The van der Waals surface area contributed by atoms with E-state index in [2.05, 4.69) is 10.2 Å². The van der Waals surface area contributed by atoms with Crippen molar-refractivity contribution >= 4 is 0 Å². The number of hydrogen-bond donors (Lipinski definition) is 1. The molecular formula is C6H11N3O. The van der Waals surface area contributed by atoms with Crippen LogP contribution in [0.4, 0.5) is 0 Å². The highest BCUT2D eigenvalue weighted by molar-refractivity contribution is 4.87. The van der Waals surface area contributed by atoms with E-state index in [4.69, 9.17) is 5.11 Å². The van der Waals surface area contributed by atoms with Crippen molar-refractivity contribution in [3.05, 3.63) is 11.9 Å².